The van der Waals surface area contributed by atoms with Crippen LogP contribution in [0.25, 0.3) is 11.2 Å². The first-order valence-corrected chi connectivity index (χ1v) is 6.52. The zero-order valence-electron chi connectivity index (χ0n) is 11.6. The van der Waals surface area contributed by atoms with Crippen LogP contribution in [0.2, 0.25) is 0 Å². The Bertz CT molecular complexity index is 658. The maximum atomic E-state index is 10.5. The lowest BCUT2D eigenvalue weighted by Crippen LogP contribution is -2.44. The number of fused-ring (bicyclic) bond motifs is 1. The van der Waals surface area contributed by atoms with Crippen molar-refractivity contribution in [2.75, 3.05) is 19.0 Å². The van der Waals surface area contributed by atoms with Gasteiger partial charge in [0.15, 0.2) is 17.7 Å². The number of nitrogens with one attached hydrogen (secondary N) is 1. The molecule has 114 valence electrons. The summed E-state index contributed by atoms with van der Waals surface area (Å²) in [6.45, 7) is 1.06. The molecule has 1 saturated heterocycles. The second-order valence-corrected chi connectivity index (χ2v) is 5.18. The van der Waals surface area contributed by atoms with Gasteiger partial charge in [-0.15, -0.1) is 0 Å². The minimum Gasteiger partial charge on any atom is -0.394 e. The molecule has 1 aliphatic heterocycles. The van der Waals surface area contributed by atoms with Gasteiger partial charge in [-0.2, -0.15) is 0 Å². The molecule has 0 bridgehead atoms. The van der Waals surface area contributed by atoms with E-state index in [-0.39, 0.29) is 0 Å². The molecule has 0 saturated carbocycles. The highest BCUT2D eigenvalue weighted by Gasteiger charge is 2.53. The number of imidazole rings is 1. The van der Waals surface area contributed by atoms with E-state index in [0.29, 0.717) is 17.0 Å². The van der Waals surface area contributed by atoms with Gasteiger partial charge in [-0.3, -0.25) is 4.57 Å². The van der Waals surface area contributed by atoms with Crippen molar-refractivity contribution < 1.29 is 20.1 Å². The van der Waals surface area contributed by atoms with E-state index < -0.39 is 30.6 Å². The average molecular weight is 295 g/mol. The monoisotopic (exact) mass is 295 g/mol. The zero-order chi connectivity index (χ0) is 15.2. The van der Waals surface area contributed by atoms with E-state index in [0.717, 1.165) is 0 Å². The molecule has 0 spiro atoms. The lowest BCUT2D eigenvalue weighted by Gasteiger charge is -2.27. The van der Waals surface area contributed by atoms with Crippen molar-refractivity contribution >= 4 is 17.0 Å². The third-order valence-corrected chi connectivity index (χ3v) is 3.78. The molecule has 21 heavy (non-hydrogen) atoms. The van der Waals surface area contributed by atoms with Gasteiger partial charge in [-0.05, 0) is 6.92 Å². The lowest BCUT2D eigenvalue weighted by atomic mass is 9.96. The van der Waals surface area contributed by atoms with Gasteiger partial charge in [-0.1, -0.05) is 0 Å². The van der Waals surface area contributed by atoms with E-state index in [1.165, 1.54) is 24.1 Å². The number of hydrogen-bond acceptors (Lipinski definition) is 8. The summed E-state index contributed by atoms with van der Waals surface area (Å²) in [5, 5.41) is 32.7. The first-order valence-electron chi connectivity index (χ1n) is 6.52. The fourth-order valence-electron chi connectivity index (χ4n) is 2.60. The van der Waals surface area contributed by atoms with Crippen molar-refractivity contribution in [1.29, 1.82) is 0 Å². The third kappa shape index (κ3) is 1.97. The molecule has 0 amide bonds. The summed E-state index contributed by atoms with van der Waals surface area (Å²) in [6.07, 6.45) is -0.153. The first kappa shape index (κ1) is 14.1. The van der Waals surface area contributed by atoms with Gasteiger partial charge in [0.1, 0.15) is 29.7 Å². The zero-order valence-corrected chi connectivity index (χ0v) is 11.6. The number of rotatable bonds is 3. The molecule has 3 rings (SSSR count). The molecule has 9 nitrogen and oxygen atoms in total. The highest BCUT2D eigenvalue weighted by Crippen LogP contribution is 2.39. The Morgan fingerprint density at radius 2 is 2.19 bits per heavy atom. The standard InChI is InChI=1S/C12H17N5O4/c1-12(20)8(19)6(3-18)21-11(12)17-5-16-7-9(13-2)14-4-15-10(7)17/h4-6,8,11,18-20H,3H2,1-2H3,(H,13,14,15)/t6-,8+,11-,12?/m1/s1. The van der Waals surface area contributed by atoms with Crippen molar-refractivity contribution in [2.45, 2.75) is 31.0 Å². The van der Waals surface area contributed by atoms with Crippen LogP contribution in [-0.2, 0) is 4.74 Å². The van der Waals surface area contributed by atoms with Crippen molar-refractivity contribution in [3.8, 4) is 0 Å². The van der Waals surface area contributed by atoms with Crippen LogP contribution in [0.5, 0.6) is 0 Å². The van der Waals surface area contributed by atoms with Crippen LogP contribution in [0, 0.1) is 0 Å². The Balaban J connectivity index is 2.09. The SMILES string of the molecule is CNc1ncnc2c1ncn2[C@@H]1O[C@H](CO)[C@H](O)C1(C)O. The van der Waals surface area contributed by atoms with Gasteiger partial charge in [-0.25, -0.2) is 15.0 Å². The van der Waals surface area contributed by atoms with Gasteiger partial charge < -0.3 is 25.4 Å². The van der Waals surface area contributed by atoms with E-state index in [4.69, 9.17) is 4.74 Å². The smallest absolute Gasteiger partial charge is 0.168 e. The van der Waals surface area contributed by atoms with Crippen LogP contribution in [0.1, 0.15) is 13.2 Å². The Kier molecular flexibility index (Phi) is 3.29. The average Bonchev–Trinajstić information content (AvgIpc) is 2.99. The van der Waals surface area contributed by atoms with Crippen LogP contribution in [-0.4, -0.2) is 66.3 Å². The molecule has 2 aromatic heterocycles. The Labute approximate surface area is 120 Å². The summed E-state index contributed by atoms with van der Waals surface area (Å²) in [5.74, 6) is 0.552. The van der Waals surface area contributed by atoms with Crippen molar-refractivity contribution in [2.24, 2.45) is 0 Å². The van der Waals surface area contributed by atoms with Gasteiger partial charge in [0, 0.05) is 7.05 Å². The largest absolute Gasteiger partial charge is 0.394 e. The van der Waals surface area contributed by atoms with Gasteiger partial charge in [0.25, 0.3) is 0 Å². The first-order chi connectivity index (χ1) is 10.0. The second-order valence-electron chi connectivity index (χ2n) is 5.18. The fraction of sp³-hybridized carbons (Fsp3) is 0.583. The molecule has 0 aliphatic carbocycles. The van der Waals surface area contributed by atoms with Crippen LogP contribution in [0.15, 0.2) is 12.7 Å². The number of anilines is 1. The lowest BCUT2D eigenvalue weighted by molar-refractivity contribution is -0.0950. The summed E-state index contributed by atoms with van der Waals surface area (Å²) in [5.41, 5.74) is -0.585. The normalized spacial score (nSPS) is 32.7. The van der Waals surface area contributed by atoms with Crippen LogP contribution >= 0.6 is 0 Å². The highest BCUT2D eigenvalue weighted by atomic mass is 16.6. The van der Waals surface area contributed by atoms with Gasteiger partial charge in [0.2, 0.25) is 0 Å². The third-order valence-electron chi connectivity index (χ3n) is 3.78. The minimum atomic E-state index is -1.58. The maximum absolute atomic E-state index is 10.5. The molecule has 1 fully saturated rings. The number of aliphatic hydroxyl groups excluding tert-OH is 2. The Hall–Kier alpha value is -1.81. The van der Waals surface area contributed by atoms with Crippen LogP contribution in [0.3, 0.4) is 0 Å². The van der Waals surface area contributed by atoms with E-state index in [9.17, 15) is 15.3 Å². The van der Waals surface area contributed by atoms with Crippen LogP contribution in [0.4, 0.5) is 5.82 Å². The van der Waals surface area contributed by atoms with Gasteiger partial charge in [0.05, 0.1) is 12.9 Å². The van der Waals surface area contributed by atoms with Crippen molar-refractivity contribution in [3.05, 3.63) is 12.7 Å². The number of ether oxygens (including phenoxy) is 1. The number of aliphatic hydroxyl groups is 3. The molecule has 9 heteroatoms. The van der Waals surface area contributed by atoms with Crippen molar-refractivity contribution in [1.82, 2.24) is 19.5 Å². The fourth-order valence-corrected chi connectivity index (χ4v) is 2.60. The topological polar surface area (TPSA) is 126 Å². The highest BCUT2D eigenvalue weighted by molar-refractivity contribution is 5.82. The predicted octanol–water partition coefficient (Wildman–Crippen LogP) is -1.13. The molecular formula is C12H17N5O4. The van der Waals surface area contributed by atoms with E-state index in [1.807, 2.05) is 0 Å². The van der Waals surface area contributed by atoms with E-state index in [1.54, 1.807) is 7.05 Å². The summed E-state index contributed by atoms with van der Waals surface area (Å²) in [7, 11) is 1.72. The molecule has 0 aromatic carbocycles. The van der Waals surface area contributed by atoms with Crippen molar-refractivity contribution in [3.63, 3.8) is 0 Å². The molecule has 1 aliphatic rings. The van der Waals surface area contributed by atoms with E-state index >= 15 is 0 Å². The maximum Gasteiger partial charge on any atom is 0.168 e. The molecule has 2 aromatic rings. The summed E-state index contributed by atoms with van der Waals surface area (Å²) < 4.78 is 7.08. The second kappa shape index (κ2) is 4.88. The number of nitrogens with zero attached hydrogens (tertiary/aromatic N) is 4. The molecule has 3 heterocycles. The summed E-state index contributed by atoms with van der Waals surface area (Å²) in [4.78, 5) is 12.4. The van der Waals surface area contributed by atoms with Crippen LogP contribution < -0.4 is 5.32 Å². The Morgan fingerprint density at radius 3 is 2.81 bits per heavy atom. The van der Waals surface area contributed by atoms with Gasteiger partial charge >= 0.3 is 0 Å². The molecule has 4 atom stereocenters. The minimum absolute atomic E-state index is 0.392. The number of aromatic nitrogens is 4. The molecule has 0 radical (unpaired) electrons. The molecule has 4 N–H and O–H groups in total. The summed E-state index contributed by atoms with van der Waals surface area (Å²) in [6, 6.07) is 0. The summed E-state index contributed by atoms with van der Waals surface area (Å²) >= 11 is 0. The quantitative estimate of drug-likeness (QED) is 0.560. The predicted molar refractivity (Wildman–Crippen MR) is 72.5 cm³/mol. The van der Waals surface area contributed by atoms with E-state index in [2.05, 4.69) is 20.3 Å². The number of hydrogen-bond donors (Lipinski definition) is 4. The Morgan fingerprint density at radius 1 is 1.43 bits per heavy atom. The molecule has 1 unspecified atom stereocenters. The molecular weight excluding hydrogens is 278 g/mol.